The number of nitrogens with zero attached hydrogens (tertiary/aromatic N) is 1. The molecule has 19 heavy (non-hydrogen) atoms. The lowest BCUT2D eigenvalue weighted by molar-refractivity contribution is -0.123. The number of likely N-dealkylation sites (N-methyl/N-ethyl adjacent to an activating group) is 1. The van der Waals surface area contributed by atoms with E-state index in [1.165, 1.54) is 25.7 Å². The minimum absolute atomic E-state index is 0.136. The fourth-order valence-electron chi connectivity index (χ4n) is 3.13. The van der Waals surface area contributed by atoms with E-state index < -0.39 is 0 Å². The molecule has 2 fully saturated rings. The van der Waals surface area contributed by atoms with E-state index in [0.29, 0.717) is 19.1 Å². The summed E-state index contributed by atoms with van der Waals surface area (Å²) < 4.78 is 5.51. The van der Waals surface area contributed by atoms with Crippen molar-refractivity contribution in [2.24, 2.45) is 5.92 Å². The van der Waals surface area contributed by atoms with Crippen LogP contribution in [0.5, 0.6) is 0 Å². The van der Waals surface area contributed by atoms with Crippen LogP contribution in [-0.4, -0.2) is 49.7 Å². The normalized spacial score (nSPS) is 31.6. The van der Waals surface area contributed by atoms with Gasteiger partial charge in [-0.15, -0.1) is 0 Å². The Hall–Kier alpha value is -0.610. The highest BCUT2D eigenvalue weighted by Gasteiger charge is 2.23. The first-order chi connectivity index (χ1) is 9.15. The molecule has 1 unspecified atom stereocenters. The highest BCUT2D eigenvalue weighted by molar-refractivity contribution is 5.78. The van der Waals surface area contributed by atoms with E-state index in [9.17, 15) is 4.79 Å². The Morgan fingerprint density at radius 1 is 1.26 bits per heavy atom. The van der Waals surface area contributed by atoms with Crippen molar-refractivity contribution < 1.29 is 9.53 Å². The SMILES string of the molecule is CC1CCC(N(C)CC(=O)NCC2CCCO2)CC1. The highest BCUT2D eigenvalue weighted by atomic mass is 16.5. The average Bonchev–Trinajstić information content (AvgIpc) is 2.90. The summed E-state index contributed by atoms with van der Waals surface area (Å²) in [6.45, 7) is 4.37. The van der Waals surface area contributed by atoms with Crippen LogP contribution in [0.1, 0.15) is 45.4 Å². The van der Waals surface area contributed by atoms with Crippen LogP contribution >= 0.6 is 0 Å². The van der Waals surface area contributed by atoms with Gasteiger partial charge in [0.05, 0.1) is 12.6 Å². The summed E-state index contributed by atoms with van der Waals surface area (Å²) in [6.07, 6.45) is 7.51. The highest BCUT2D eigenvalue weighted by Crippen LogP contribution is 2.26. The minimum atomic E-state index is 0.136. The van der Waals surface area contributed by atoms with E-state index in [1.54, 1.807) is 0 Å². The topological polar surface area (TPSA) is 41.6 Å². The van der Waals surface area contributed by atoms with E-state index in [4.69, 9.17) is 4.74 Å². The summed E-state index contributed by atoms with van der Waals surface area (Å²) in [5.41, 5.74) is 0. The molecule has 4 heteroatoms. The van der Waals surface area contributed by atoms with Crippen molar-refractivity contribution in [1.29, 1.82) is 0 Å². The Kier molecular flexibility index (Phi) is 5.64. The predicted molar refractivity (Wildman–Crippen MR) is 76.0 cm³/mol. The molecule has 1 N–H and O–H groups in total. The van der Waals surface area contributed by atoms with Gasteiger partial charge in [-0.1, -0.05) is 6.92 Å². The maximum Gasteiger partial charge on any atom is 0.234 e. The number of nitrogens with one attached hydrogen (secondary N) is 1. The van der Waals surface area contributed by atoms with Gasteiger partial charge in [0, 0.05) is 19.2 Å². The first kappa shape index (κ1) is 14.8. The van der Waals surface area contributed by atoms with Crippen LogP contribution < -0.4 is 5.32 Å². The third-order valence-electron chi connectivity index (χ3n) is 4.55. The number of hydrogen-bond acceptors (Lipinski definition) is 3. The fourth-order valence-corrected chi connectivity index (χ4v) is 3.13. The molecular weight excluding hydrogens is 240 g/mol. The van der Waals surface area contributed by atoms with Crippen LogP contribution in [-0.2, 0) is 9.53 Å². The summed E-state index contributed by atoms with van der Waals surface area (Å²) in [5, 5.41) is 3.00. The van der Waals surface area contributed by atoms with Crippen LogP contribution in [0.25, 0.3) is 0 Å². The van der Waals surface area contributed by atoms with Gasteiger partial charge in [0.15, 0.2) is 0 Å². The number of ether oxygens (including phenoxy) is 1. The lowest BCUT2D eigenvalue weighted by Gasteiger charge is -2.33. The molecule has 1 amide bonds. The zero-order valence-corrected chi connectivity index (χ0v) is 12.4. The largest absolute Gasteiger partial charge is 0.376 e. The Balaban J connectivity index is 1.63. The third-order valence-corrected chi connectivity index (χ3v) is 4.55. The quantitative estimate of drug-likeness (QED) is 0.826. The maximum atomic E-state index is 11.9. The first-order valence-electron chi connectivity index (χ1n) is 7.73. The Morgan fingerprint density at radius 2 is 2.00 bits per heavy atom. The molecule has 0 aromatic rings. The van der Waals surface area contributed by atoms with E-state index in [1.807, 2.05) is 0 Å². The molecule has 0 aromatic heterocycles. The molecule has 1 heterocycles. The second-order valence-corrected chi connectivity index (χ2v) is 6.27. The molecule has 4 nitrogen and oxygen atoms in total. The minimum Gasteiger partial charge on any atom is -0.376 e. The molecule has 2 aliphatic rings. The fraction of sp³-hybridized carbons (Fsp3) is 0.933. The maximum absolute atomic E-state index is 11.9. The molecule has 0 spiro atoms. The zero-order chi connectivity index (χ0) is 13.7. The number of carbonyl (C=O) groups excluding carboxylic acids is 1. The van der Waals surface area contributed by atoms with Crippen molar-refractivity contribution in [3.63, 3.8) is 0 Å². The van der Waals surface area contributed by atoms with E-state index >= 15 is 0 Å². The van der Waals surface area contributed by atoms with Crippen molar-refractivity contribution in [2.45, 2.75) is 57.6 Å². The summed E-state index contributed by atoms with van der Waals surface area (Å²) >= 11 is 0. The second kappa shape index (κ2) is 7.25. The van der Waals surface area contributed by atoms with Gasteiger partial charge in [0.25, 0.3) is 0 Å². The Bertz CT molecular complexity index is 282. The van der Waals surface area contributed by atoms with Gasteiger partial charge >= 0.3 is 0 Å². The van der Waals surface area contributed by atoms with Gasteiger partial charge in [-0.05, 0) is 51.5 Å². The van der Waals surface area contributed by atoms with Gasteiger partial charge in [-0.3, -0.25) is 9.69 Å². The second-order valence-electron chi connectivity index (χ2n) is 6.27. The van der Waals surface area contributed by atoms with Crippen molar-refractivity contribution in [1.82, 2.24) is 10.2 Å². The standard InChI is InChI=1S/C15H28N2O2/c1-12-5-7-13(8-6-12)17(2)11-15(18)16-10-14-4-3-9-19-14/h12-14H,3-11H2,1-2H3,(H,16,18). The number of amides is 1. The molecule has 0 aromatic carbocycles. The number of rotatable bonds is 5. The van der Waals surface area contributed by atoms with Crippen molar-refractivity contribution in [2.75, 3.05) is 26.7 Å². The van der Waals surface area contributed by atoms with Crippen LogP contribution in [0.3, 0.4) is 0 Å². The van der Waals surface area contributed by atoms with Crippen LogP contribution in [0.4, 0.5) is 0 Å². The van der Waals surface area contributed by atoms with Crippen molar-refractivity contribution in [3.05, 3.63) is 0 Å². The smallest absolute Gasteiger partial charge is 0.234 e. The zero-order valence-electron chi connectivity index (χ0n) is 12.4. The van der Waals surface area contributed by atoms with E-state index in [2.05, 4.69) is 24.2 Å². The molecule has 1 aliphatic carbocycles. The molecule has 110 valence electrons. The van der Waals surface area contributed by atoms with E-state index in [0.717, 1.165) is 25.4 Å². The van der Waals surface area contributed by atoms with Gasteiger partial charge in [-0.2, -0.15) is 0 Å². The average molecular weight is 268 g/mol. The van der Waals surface area contributed by atoms with Gasteiger partial charge in [0.2, 0.25) is 5.91 Å². The first-order valence-corrected chi connectivity index (χ1v) is 7.73. The Morgan fingerprint density at radius 3 is 2.63 bits per heavy atom. The lowest BCUT2D eigenvalue weighted by Crippen LogP contribution is -2.43. The molecule has 1 saturated heterocycles. The molecule has 1 atom stereocenters. The lowest BCUT2D eigenvalue weighted by atomic mass is 9.87. The van der Waals surface area contributed by atoms with Gasteiger partial charge < -0.3 is 10.1 Å². The van der Waals surface area contributed by atoms with Crippen molar-refractivity contribution in [3.8, 4) is 0 Å². The number of hydrogen-bond donors (Lipinski definition) is 1. The van der Waals surface area contributed by atoms with Crippen LogP contribution in [0, 0.1) is 5.92 Å². The molecule has 0 radical (unpaired) electrons. The molecule has 1 saturated carbocycles. The molecule has 2 rings (SSSR count). The van der Waals surface area contributed by atoms with Crippen LogP contribution in [0.15, 0.2) is 0 Å². The summed E-state index contributed by atoms with van der Waals surface area (Å²) in [5.74, 6) is 0.995. The van der Waals surface area contributed by atoms with Crippen molar-refractivity contribution >= 4 is 5.91 Å². The molecular formula is C15H28N2O2. The van der Waals surface area contributed by atoms with E-state index in [-0.39, 0.29) is 12.0 Å². The third kappa shape index (κ3) is 4.77. The summed E-state index contributed by atoms with van der Waals surface area (Å²) in [4.78, 5) is 14.1. The molecule has 1 aliphatic heterocycles. The summed E-state index contributed by atoms with van der Waals surface area (Å²) in [6, 6.07) is 0.588. The van der Waals surface area contributed by atoms with Gasteiger partial charge in [0.1, 0.15) is 0 Å². The predicted octanol–water partition coefficient (Wildman–Crippen LogP) is 1.79. The monoisotopic (exact) mass is 268 g/mol. The summed E-state index contributed by atoms with van der Waals surface area (Å²) in [7, 11) is 2.08. The van der Waals surface area contributed by atoms with Gasteiger partial charge in [-0.25, -0.2) is 0 Å². The van der Waals surface area contributed by atoms with Crippen LogP contribution in [0.2, 0.25) is 0 Å². The number of carbonyl (C=O) groups is 1. The molecule has 0 bridgehead atoms. The Labute approximate surface area is 116 Å².